The van der Waals surface area contributed by atoms with Crippen molar-refractivity contribution in [3.63, 3.8) is 0 Å². The third-order valence-electron chi connectivity index (χ3n) is 4.07. The van der Waals surface area contributed by atoms with Crippen molar-refractivity contribution in [1.82, 2.24) is 0 Å². The Bertz CT molecular complexity index is 659. The van der Waals surface area contributed by atoms with Crippen LogP contribution < -0.4 is 5.73 Å². The van der Waals surface area contributed by atoms with E-state index in [4.69, 9.17) is 17.3 Å². The zero-order valence-corrected chi connectivity index (χ0v) is 13.4. The Morgan fingerprint density at radius 1 is 1.14 bits per heavy atom. The van der Waals surface area contributed by atoms with Crippen molar-refractivity contribution < 1.29 is 4.79 Å². The quantitative estimate of drug-likeness (QED) is 0.648. The molecular formula is C18H20ClNO. The molecule has 0 aliphatic rings. The average Bonchev–Trinajstić information content (AvgIpc) is 2.47. The Morgan fingerprint density at radius 2 is 1.76 bits per heavy atom. The maximum absolute atomic E-state index is 12.5. The predicted molar refractivity (Wildman–Crippen MR) is 89.1 cm³/mol. The van der Waals surface area contributed by atoms with Crippen LogP contribution in [0, 0.1) is 0 Å². The second-order valence-electron chi connectivity index (χ2n) is 5.88. The Labute approximate surface area is 130 Å². The highest BCUT2D eigenvalue weighted by atomic mass is 35.5. The lowest BCUT2D eigenvalue weighted by molar-refractivity contribution is 0.103. The van der Waals surface area contributed by atoms with E-state index in [-0.39, 0.29) is 11.2 Å². The van der Waals surface area contributed by atoms with Crippen LogP contribution in [-0.2, 0) is 5.41 Å². The van der Waals surface area contributed by atoms with Crippen molar-refractivity contribution in [2.75, 3.05) is 5.73 Å². The summed E-state index contributed by atoms with van der Waals surface area (Å²) in [5, 5.41) is 0.532. The van der Waals surface area contributed by atoms with E-state index in [1.54, 1.807) is 18.2 Å². The van der Waals surface area contributed by atoms with Gasteiger partial charge >= 0.3 is 0 Å². The summed E-state index contributed by atoms with van der Waals surface area (Å²) in [6, 6.07) is 12.7. The molecule has 0 spiro atoms. The number of nitrogen functional groups attached to an aromatic ring is 1. The van der Waals surface area contributed by atoms with Crippen molar-refractivity contribution in [1.29, 1.82) is 0 Å². The summed E-state index contributed by atoms with van der Waals surface area (Å²) in [4.78, 5) is 12.5. The maximum atomic E-state index is 12.5. The minimum Gasteiger partial charge on any atom is -0.398 e. The van der Waals surface area contributed by atoms with Gasteiger partial charge in [0, 0.05) is 21.8 Å². The van der Waals surface area contributed by atoms with E-state index < -0.39 is 0 Å². The summed E-state index contributed by atoms with van der Waals surface area (Å²) in [5.41, 5.74) is 8.75. The number of ketones is 1. The molecule has 2 nitrogen and oxygen atoms in total. The molecule has 2 rings (SSSR count). The van der Waals surface area contributed by atoms with Crippen LogP contribution in [0.15, 0.2) is 42.5 Å². The summed E-state index contributed by atoms with van der Waals surface area (Å²) in [6.45, 7) is 6.55. The molecule has 0 saturated heterocycles. The number of halogens is 1. The van der Waals surface area contributed by atoms with Gasteiger partial charge in [-0.3, -0.25) is 4.79 Å². The number of benzene rings is 2. The van der Waals surface area contributed by atoms with E-state index in [2.05, 4.69) is 20.8 Å². The molecule has 21 heavy (non-hydrogen) atoms. The second kappa shape index (κ2) is 5.90. The molecule has 0 saturated carbocycles. The molecule has 2 aromatic rings. The molecule has 0 bridgehead atoms. The minimum absolute atomic E-state index is 0.0787. The van der Waals surface area contributed by atoms with E-state index in [9.17, 15) is 4.79 Å². The van der Waals surface area contributed by atoms with E-state index in [0.29, 0.717) is 21.8 Å². The number of rotatable bonds is 4. The zero-order valence-electron chi connectivity index (χ0n) is 12.6. The predicted octanol–water partition coefficient (Wildman–Crippen LogP) is 4.84. The highest BCUT2D eigenvalue weighted by Gasteiger charge is 2.19. The lowest BCUT2D eigenvalue weighted by Crippen LogP contribution is -2.15. The fourth-order valence-corrected chi connectivity index (χ4v) is 2.35. The number of nitrogens with two attached hydrogens (primary N) is 1. The standard InChI is InChI=1S/C18H20ClNO/c1-4-18(2,3)13-7-5-12(6-8-13)17(21)15-10-9-14(19)11-16(15)20/h5-11H,4,20H2,1-3H3. The first-order valence-corrected chi connectivity index (χ1v) is 7.43. The highest BCUT2D eigenvalue weighted by molar-refractivity contribution is 6.31. The normalized spacial score (nSPS) is 11.4. The van der Waals surface area contributed by atoms with E-state index in [1.807, 2.05) is 24.3 Å². The topological polar surface area (TPSA) is 43.1 Å². The van der Waals surface area contributed by atoms with Crippen LogP contribution in [0.5, 0.6) is 0 Å². The number of hydrogen-bond donors (Lipinski definition) is 1. The first-order chi connectivity index (χ1) is 9.85. The molecule has 0 amide bonds. The van der Waals surface area contributed by atoms with E-state index in [1.165, 1.54) is 5.56 Å². The van der Waals surface area contributed by atoms with Gasteiger partial charge in [-0.25, -0.2) is 0 Å². The van der Waals surface area contributed by atoms with Gasteiger partial charge < -0.3 is 5.73 Å². The Kier molecular flexibility index (Phi) is 4.38. The number of anilines is 1. The Morgan fingerprint density at radius 3 is 2.29 bits per heavy atom. The van der Waals surface area contributed by atoms with Gasteiger partial charge in [0.25, 0.3) is 0 Å². The van der Waals surface area contributed by atoms with Gasteiger partial charge in [-0.2, -0.15) is 0 Å². The molecule has 0 aromatic heterocycles. The Hall–Kier alpha value is -1.80. The zero-order chi connectivity index (χ0) is 15.6. The molecule has 0 heterocycles. The number of carbonyl (C=O) groups excluding carboxylic acids is 1. The van der Waals surface area contributed by atoms with Gasteiger partial charge in [0.2, 0.25) is 0 Å². The molecule has 0 fully saturated rings. The lowest BCUT2D eigenvalue weighted by atomic mass is 9.82. The van der Waals surface area contributed by atoms with E-state index >= 15 is 0 Å². The van der Waals surface area contributed by atoms with Crippen molar-refractivity contribution in [3.05, 3.63) is 64.2 Å². The molecule has 2 aromatic carbocycles. The molecule has 0 radical (unpaired) electrons. The van der Waals surface area contributed by atoms with Crippen molar-refractivity contribution >= 4 is 23.1 Å². The first kappa shape index (κ1) is 15.6. The first-order valence-electron chi connectivity index (χ1n) is 7.05. The van der Waals surface area contributed by atoms with Crippen LogP contribution in [0.1, 0.15) is 48.7 Å². The molecule has 0 unspecified atom stereocenters. The summed E-state index contributed by atoms with van der Waals surface area (Å²) < 4.78 is 0. The van der Waals surface area contributed by atoms with Gasteiger partial charge in [0.05, 0.1) is 0 Å². The highest BCUT2D eigenvalue weighted by Crippen LogP contribution is 2.27. The van der Waals surface area contributed by atoms with Gasteiger partial charge in [0.1, 0.15) is 0 Å². The van der Waals surface area contributed by atoms with Crippen LogP contribution in [0.25, 0.3) is 0 Å². The largest absolute Gasteiger partial charge is 0.398 e. The molecule has 0 atom stereocenters. The van der Waals surface area contributed by atoms with Crippen LogP contribution >= 0.6 is 11.6 Å². The van der Waals surface area contributed by atoms with Crippen molar-refractivity contribution in [2.24, 2.45) is 0 Å². The van der Waals surface area contributed by atoms with Crippen molar-refractivity contribution in [3.8, 4) is 0 Å². The summed E-state index contributed by atoms with van der Waals surface area (Å²) >= 11 is 5.86. The average molecular weight is 302 g/mol. The van der Waals surface area contributed by atoms with Gasteiger partial charge in [-0.1, -0.05) is 56.6 Å². The lowest BCUT2D eigenvalue weighted by Gasteiger charge is -2.23. The van der Waals surface area contributed by atoms with Crippen LogP contribution in [-0.4, -0.2) is 5.78 Å². The van der Waals surface area contributed by atoms with Crippen LogP contribution in [0.3, 0.4) is 0 Å². The molecule has 0 aliphatic carbocycles. The number of carbonyl (C=O) groups is 1. The maximum Gasteiger partial charge on any atom is 0.195 e. The Balaban J connectivity index is 2.32. The molecule has 0 aliphatic heterocycles. The van der Waals surface area contributed by atoms with Crippen LogP contribution in [0.2, 0.25) is 5.02 Å². The molecular weight excluding hydrogens is 282 g/mol. The van der Waals surface area contributed by atoms with Gasteiger partial charge in [0.15, 0.2) is 5.78 Å². The summed E-state index contributed by atoms with van der Waals surface area (Å²) in [6.07, 6.45) is 1.05. The third-order valence-corrected chi connectivity index (χ3v) is 4.31. The van der Waals surface area contributed by atoms with Crippen molar-refractivity contribution in [2.45, 2.75) is 32.6 Å². The monoisotopic (exact) mass is 301 g/mol. The summed E-state index contributed by atoms with van der Waals surface area (Å²) in [5.74, 6) is -0.0787. The second-order valence-corrected chi connectivity index (χ2v) is 6.31. The van der Waals surface area contributed by atoms with E-state index in [0.717, 1.165) is 6.42 Å². The fourth-order valence-electron chi connectivity index (χ4n) is 2.17. The smallest absolute Gasteiger partial charge is 0.195 e. The van der Waals surface area contributed by atoms with Gasteiger partial charge in [-0.15, -0.1) is 0 Å². The SMILES string of the molecule is CCC(C)(C)c1ccc(C(=O)c2ccc(Cl)cc2N)cc1. The van der Waals surface area contributed by atoms with Gasteiger partial charge in [-0.05, 0) is 35.6 Å². The summed E-state index contributed by atoms with van der Waals surface area (Å²) in [7, 11) is 0. The molecule has 2 N–H and O–H groups in total. The molecule has 3 heteroatoms. The fraction of sp³-hybridized carbons (Fsp3) is 0.278. The number of hydrogen-bond acceptors (Lipinski definition) is 2. The minimum atomic E-state index is -0.0787. The molecule has 110 valence electrons. The third kappa shape index (κ3) is 3.27. The van der Waals surface area contributed by atoms with Crippen LogP contribution in [0.4, 0.5) is 5.69 Å².